The van der Waals surface area contributed by atoms with Crippen LogP contribution in [0.5, 0.6) is 5.75 Å². The third kappa shape index (κ3) is 4.84. The molecule has 0 spiro atoms. The van der Waals surface area contributed by atoms with Crippen LogP contribution in [0.25, 0.3) is 11.1 Å². The topological polar surface area (TPSA) is 90.9 Å². The average molecular weight is 520 g/mol. The van der Waals surface area contributed by atoms with Crippen molar-refractivity contribution in [1.29, 1.82) is 0 Å². The highest BCUT2D eigenvalue weighted by Crippen LogP contribution is 2.36. The number of hydrogen-bond acceptors (Lipinski definition) is 6. The number of phenolic OH excluding ortho intramolecular Hbond substituents is 1. The van der Waals surface area contributed by atoms with E-state index in [-0.39, 0.29) is 35.1 Å². The van der Waals surface area contributed by atoms with Gasteiger partial charge < -0.3 is 25.4 Å². The first-order valence-corrected chi connectivity index (χ1v) is 13.1. The molecule has 1 fully saturated rings. The van der Waals surface area contributed by atoms with Gasteiger partial charge in [0.25, 0.3) is 5.91 Å². The minimum absolute atomic E-state index is 0.0504. The predicted molar refractivity (Wildman–Crippen MR) is 150 cm³/mol. The second kappa shape index (κ2) is 10.6. The molecule has 0 radical (unpaired) electrons. The van der Waals surface area contributed by atoms with Crippen molar-refractivity contribution in [3.05, 3.63) is 120 Å². The van der Waals surface area contributed by atoms with Crippen molar-refractivity contribution in [2.45, 2.75) is 12.5 Å². The van der Waals surface area contributed by atoms with Crippen LogP contribution in [-0.4, -0.2) is 47.5 Å². The first-order chi connectivity index (χ1) is 19.1. The van der Waals surface area contributed by atoms with Gasteiger partial charge in [-0.25, -0.2) is 0 Å². The number of amides is 1. The molecule has 3 aromatic rings. The third-order valence-electron chi connectivity index (χ3n) is 7.48. The van der Waals surface area contributed by atoms with Crippen LogP contribution < -0.4 is 10.6 Å². The summed E-state index contributed by atoms with van der Waals surface area (Å²) in [5, 5.41) is 16.9. The summed E-state index contributed by atoms with van der Waals surface area (Å²) in [6.45, 7) is 1.81. The van der Waals surface area contributed by atoms with E-state index in [1.54, 1.807) is 18.2 Å². The monoisotopic (exact) mass is 519 g/mol. The van der Waals surface area contributed by atoms with E-state index in [1.807, 2.05) is 67.0 Å². The molecule has 3 N–H and O–H groups in total. The van der Waals surface area contributed by atoms with Gasteiger partial charge in [-0.3, -0.25) is 9.59 Å². The van der Waals surface area contributed by atoms with Crippen LogP contribution in [-0.2, 0) is 4.74 Å². The van der Waals surface area contributed by atoms with Gasteiger partial charge >= 0.3 is 0 Å². The lowest BCUT2D eigenvalue weighted by atomic mass is 9.79. The van der Waals surface area contributed by atoms with Gasteiger partial charge in [-0.15, -0.1) is 0 Å². The summed E-state index contributed by atoms with van der Waals surface area (Å²) in [4.78, 5) is 29.3. The highest BCUT2D eigenvalue weighted by atomic mass is 16.5. The molecular formula is C32H29N3O4. The molecule has 1 amide bonds. The van der Waals surface area contributed by atoms with Crippen LogP contribution in [0.15, 0.2) is 109 Å². The smallest absolute Gasteiger partial charge is 0.256 e. The van der Waals surface area contributed by atoms with Crippen molar-refractivity contribution >= 4 is 17.4 Å². The summed E-state index contributed by atoms with van der Waals surface area (Å²) < 4.78 is 5.64. The third-order valence-corrected chi connectivity index (χ3v) is 7.48. The number of rotatable bonds is 5. The minimum Gasteiger partial charge on any atom is -0.506 e. The summed E-state index contributed by atoms with van der Waals surface area (Å²) in [6.07, 6.45) is 8.56. The average Bonchev–Trinajstić information content (AvgIpc) is 3.18. The van der Waals surface area contributed by atoms with E-state index in [2.05, 4.69) is 21.6 Å². The van der Waals surface area contributed by atoms with Crippen LogP contribution in [0.3, 0.4) is 0 Å². The summed E-state index contributed by atoms with van der Waals surface area (Å²) in [6, 6.07) is 21.6. The molecule has 7 heteroatoms. The van der Waals surface area contributed by atoms with Crippen molar-refractivity contribution in [3.8, 4) is 16.9 Å². The second-order valence-corrected chi connectivity index (χ2v) is 9.84. The molecule has 6 rings (SSSR count). The number of aromatic hydroxyl groups is 1. The van der Waals surface area contributed by atoms with E-state index in [0.29, 0.717) is 37.3 Å². The van der Waals surface area contributed by atoms with Crippen LogP contribution >= 0.6 is 0 Å². The number of nitrogens with one attached hydrogen (secondary N) is 2. The zero-order valence-corrected chi connectivity index (χ0v) is 21.3. The standard InChI is InChI=1S/C32H29N3O4/c36-29-17-22(31(37)27-12-6-9-23-18-33-19-24-20-39-16-15-35(24)30(23)27)13-14-28(29)34-32(38)26-11-5-4-10-25(26)21-7-2-1-3-8-21/h1-11,13-14,17-19,27,30,33,36H,12,15-16,20H2,(H,34,38). The lowest BCUT2D eigenvalue weighted by Gasteiger charge is -2.42. The molecule has 3 aliphatic rings. The van der Waals surface area contributed by atoms with Gasteiger partial charge in [0.15, 0.2) is 5.78 Å². The lowest BCUT2D eigenvalue weighted by Crippen LogP contribution is -2.48. The van der Waals surface area contributed by atoms with Gasteiger partial charge in [-0.2, -0.15) is 0 Å². The van der Waals surface area contributed by atoms with E-state index in [9.17, 15) is 14.7 Å². The fourth-order valence-electron chi connectivity index (χ4n) is 5.58. The molecular weight excluding hydrogens is 490 g/mol. The summed E-state index contributed by atoms with van der Waals surface area (Å²) in [7, 11) is 0. The number of hydrogen-bond donors (Lipinski definition) is 3. The number of carbonyl (C=O) groups is 2. The molecule has 2 atom stereocenters. The number of ketones is 1. The highest BCUT2D eigenvalue weighted by Gasteiger charge is 2.39. The van der Waals surface area contributed by atoms with E-state index in [0.717, 1.165) is 22.4 Å². The maximum absolute atomic E-state index is 13.8. The Morgan fingerprint density at radius 2 is 1.82 bits per heavy atom. The van der Waals surface area contributed by atoms with Crippen LogP contribution in [0.1, 0.15) is 27.1 Å². The van der Waals surface area contributed by atoms with Gasteiger partial charge in [-0.05, 0) is 47.4 Å². The van der Waals surface area contributed by atoms with Gasteiger partial charge in [0, 0.05) is 30.1 Å². The molecule has 196 valence electrons. The Morgan fingerprint density at radius 3 is 2.67 bits per heavy atom. The molecule has 1 saturated heterocycles. The number of carbonyl (C=O) groups excluding carboxylic acids is 2. The van der Waals surface area contributed by atoms with Crippen LogP contribution in [0, 0.1) is 5.92 Å². The second-order valence-electron chi connectivity index (χ2n) is 9.84. The van der Waals surface area contributed by atoms with Crippen molar-refractivity contribution < 1.29 is 19.4 Å². The van der Waals surface area contributed by atoms with Gasteiger partial charge in [-0.1, -0.05) is 60.7 Å². The SMILES string of the molecule is O=C(Nc1ccc(C(=O)C2CC=CC3=CNC=C4COCCN4C32)cc1O)c1ccccc1-c1ccccc1. The molecule has 39 heavy (non-hydrogen) atoms. The van der Waals surface area contributed by atoms with Crippen molar-refractivity contribution in [1.82, 2.24) is 10.2 Å². The molecule has 2 heterocycles. The predicted octanol–water partition coefficient (Wildman–Crippen LogP) is 5.10. The molecule has 0 aromatic heterocycles. The molecule has 1 aliphatic carbocycles. The fourth-order valence-corrected chi connectivity index (χ4v) is 5.58. The number of fused-ring (bicyclic) bond motifs is 3. The van der Waals surface area contributed by atoms with Crippen LogP contribution in [0.4, 0.5) is 5.69 Å². The van der Waals surface area contributed by atoms with E-state index in [4.69, 9.17) is 4.74 Å². The largest absolute Gasteiger partial charge is 0.506 e. The maximum atomic E-state index is 13.8. The Hall–Kier alpha value is -4.62. The van der Waals surface area contributed by atoms with Gasteiger partial charge in [0.2, 0.25) is 0 Å². The number of allylic oxidation sites excluding steroid dienone is 1. The fraction of sp³-hybridized carbons (Fsp3) is 0.188. The lowest BCUT2D eigenvalue weighted by molar-refractivity contribution is 0.0455. The van der Waals surface area contributed by atoms with Crippen molar-refractivity contribution in [3.63, 3.8) is 0 Å². The maximum Gasteiger partial charge on any atom is 0.256 e. The van der Waals surface area contributed by atoms with E-state index >= 15 is 0 Å². The van der Waals surface area contributed by atoms with Gasteiger partial charge in [0.1, 0.15) is 5.75 Å². The summed E-state index contributed by atoms with van der Waals surface area (Å²) in [5.74, 6) is -0.859. The molecule has 2 aliphatic heterocycles. The zero-order valence-electron chi connectivity index (χ0n) is 21.3. The Labute approximate surface area is 227 Å². The molecule has 7 nitrogen and oxygen atoms in total. The zero-order chi connectivity index (χ0) is 26.8. The Morgan fingerprint density at radius 1 is 1.00 bits per heavy atom. The summed E-state index contributed by atoms with van der Waals surface area (Å²) >= 11 is 0. The number of ether oxygens (including phenoxy) is 1. The highest BCUT2D eigenvalue weighted by molar-refractivity contribution is 6.09. The number of nitrogens with zero attached hydrogens (tertiary/aromatic N) is 1. The van der Waals surface area contributed by atoms with Crippen molar-refractivity contribution in [2.75, 3.05) is 25.1 Å². The minimum atomic E-state index is -0.339. The number of Topliss-reactive ketones (excluding diaryl/α,β-unsaturated/α-hetero) is 1. The number of benzene rings is 3. The molecule has 2 unspecified atom stereocenters. The van der Waals surface area contributed by atoms with E-state index < -0.39 is 0 Å². The first-order valence-electron chi connectivity index (χ1n) is 13.1. The quantitative estimate of drug-likeness (QED) is 0.321. The number of phenols is 1. The van der Waals surface area contributed by atoms with Crippen molar-refractivity contribution in [2.24, 2.45) is 5.92 Å². The Bertz CT molecular complexity index is 1510. The molecule has 0 saturated carbocycles. The summed E-state index contributed by atoms with van der Waals surface area (Å²) in [5.41, 5.74) is 4.93. The Balaban J connectivity index is 1.24. The van der Waals surface area contributed by atoms with E-state index in [1.165, 1.54) is 6.07 Å². The van der Waals surface area contributed by atoms with Crippen LogP contribution in [0.2, 0.25) is 0 Å². The normalized spacial score (nSPS) is 19.9. The van der Waals surface area contributed by atoms with Gasteiger partial charge in [0.05, 0.1) is 36.6 Å². The Kier molecular flexibility index (Phi) is 6.73. The number of anilines is 1. The molecule has 0 bridgehead atoms. The molecule has 3 aromatic carbocycles. The number of morpholine rings is 1. The first kappa shape index (κ1) is 24.7.